The van der Waals surface area contributed by atoms with Crippen LogP contribution in [0.4, 0.5) is 5.69 Å². The summed E-state index contributed by atoms with van der Waals surface area (Å²) in [6, 6.07) is 16.0. The van der Waals surface area contributed by atoms with Crippen molar-refractivity contribution < 1.29 is 26.6 Å². The molecular formula is C25H26N2O6S. The molecular weight excluding hydrogens is 456 g/mol. The van der Waals surface area contributed by atoms with Gasteiger partial charge in [0.25, 0.3) is 0 Å². The van der Waals surface area contributed by atoms with Gasteiger partial charge in [0.15, 0.2) is 0 Å². The molecule has 0 aliphatic heterocycles. The van der Waals surface area contributed by atoms with E-state index in [0.717, 1.165) is 24.8 Å². The molecule has 8 nitrogen and oxygen atoms in total. The number of anilines is 1. The second kappa shape index (κ2) is 10.1. The standard InChI is InChI=1S/C25H26N2O6S/c1-18(28)26-21-9-13-24(14-10-21)34(30,31)33-22-11-7-19(8-12-22)16-27(17-23-6-3-15-32-23)25(29)20-4-2-5-20/h3,6-15,20H,2,4-5,16-17H2,1H3,(H,26,28). The van der Waals surface area contributed by atoms with Gasteiger partial charge >= 0.3 is 10.1 Å². The van der Waals surface area contributed by atoms with Crippen molar-refractivity contribution in [3.63, 3.8) is 0 Å². The number of furan rings is 1. The molecule has 2 aromatic carbocycles. The van der Waals surface area contributed by atoms with E-state index in [2.05, 4.69) is 5.32 Å². The summed E-state index contributed by atoms with van der Waals surface area (Å²) in [7, 11) is -4.04. The normalized spacial score (nSPS) is 13.7. The first-order chi connectivity index (χ1) is 16.3. The van der Waals surface area contributed by atoms with Crippen molar-refractivity contribution in [3.05, 3.63) is 78.3 Å². The van der Waals surface area contributed by atoms with E-state index in [1.165, 1.54) is 31.2 Å². The van der Waals surface area contributed by atoms with Gasteiger partial charge in [-0.3, -0.25) is 9.59 Å². The number of benzene rings is 2. The number of amides is 2. The first kappa shape index (κ1) is 23.6. The van der Waals surface area contributed by atoms with Gasteiger partial charge in [-0.05, 0) is 66.9 Å². The zero-order chi connectivity index (χ0) is 24.1. The van der Waals surface area contributed by atoms with Gasteiger partial charge in [-0.25, -0.2) is 0 Å². The first-order valence-corrected chi connectivity index (χ1v) is 12.4. The summed E-state index contributed by atoms with van der Waals surface area (Å²) in [4.78, 5) is 25.8. The average Bonchev–Trinajstić information content (AvgIpc) is 3.26. The Morgan fingerprint density at radius 1 is 1.03 bits per heavy atom. The lowest BCUT2D eigenvalue weighted by Crippen LogP contribution is -2.38. The minimum Gasteiger partial charge on any atom is -0.467 e. The van der Waals surface area contributed by atoms with Gasteiger partial charge in [0.05, 0.1) is 12.8 Å². The van der Waals surface area contributed by atoms with Gasteiger partial charge < -0.3 is 18.8 Å². The fourth-order valence-corrected chi connectivity index (χ4v) is 4.60. The van der Waals surface area contributed by atoms with Gasteiger partial charge in [0.1, 0.15) is 16.4 Å². The van der Waals surface area contributed by atoms with Crippen molar-refractivity contribution in [1.29, 1.82) is 0 Å². The molecule has 9 heteroatoms. The van der Waals surface area contributed by atoms with E-state index in [-0.39, 0.29) is 28.4 Å². The number of nitrogens with zero attached hydrogens (tertiary/aromatic N) is 1. The zero-order valence-electron chi connectivity index (χ0n) is 18.8. The number of hydrogen-bond acceptors (Lipinski definition) is 6. The molecule has 0 unspecified atom stereocenters. The molecule has 0 atom stereocenters. The summed E-state index contributed by atoms with van der Waals surface area (Å²) in [5, 5.41) is 2.58. The molecule has 1 aliphatic rings. The maximum absolute atomic E-state index is 12.9. The van der Waals surface area contributed by atoms with Crippen LogP contribution in [0.25, 0.3) is 0 Å². The van der Waals surface area contributed by atoms with E-state index in [1.807, 2.05) is 6.07 Å². The predicted octanol–water partition coefficient (Wildman–Crippen LogP) is 4.33. The highest BCUT2D eigenvalue weighted by Crippen LogP contribution is 2.30. The van der Waals surface area contributed by atoms with E-state index < -0.39 is 10.1 Å². The van der Waals surface area contributed by atoms with Crippen LogP contribution in [-0.2, 0) is 32.8 Å². The van der Waals surface area contributed by atoms with Crippen molar-refractivity contribution in [2.75, 3.05) is 5.32 Å². The van der Waals surface area contributed by atoms with E-state index >= 15 is 0 Å². The van der Waals surface area contributed by atoms with E-state index in [0.29, 0.717) is 24.5 Å². The molecule has 4 rings (SSSR count). The Hall–Kier alpha value is -3.59. The van der Waals surface area contributed by atoms with Crippen LogP contribution in [-0.4, -0.2) is 25.1 Å². The molecule has 1 fully saturated rings. The van der Waals surface area contributed by atoms with Crippen LogP contribution in [0.15, 0.2) is 76.2 Å². The number of carbonyl (C=O) groups is 2. The van der Waals surface area contributed by atoms with Crippen LogP contribution in [0, 0.1) is 5.92 Å². The maximum Gasteiger partial charge on any atom is 0.339 e. The molecule has 34 heavy (non-hydrogen) atoms. The van der Waals surface area contributed by atoms with Crippen molar-refractivity contribution in [3.8, 4) is 5.75 Å². The van der Waals surface area contributed by atoms with Crippen LogP contribution < -0.4 is 9.50 Å². The molecule has 0 saturated heterocycles. The lowest BCUT2D eigenvalue weighted by molar-refractivity contribution is -0.139. The highest BCUT2D eigenvalue weighted by Gasteiger charge is 2.30. The van der Waals surface area contributed by atoms with Crippen LogP contribution in [0.5, 0.6) is 5.75 Å². The van der Waals surface area contributed by atoms with Gasteiger partial charge in [0.2, 0.25) is 11.8 Å². The highest BCUT2D eigenvalue weighted by molar-refractivity contribution is 7.87. The highest BCUT2D eigenvalue weighted by atomic mass is 32.2. The summed E-state index contributed by atoms with van der Waals surface area (Å²) in [6.45, 7) is 2.13. The molecule has 1 aliphatic carbocycles. The fourth-order valence-electron chi connectivity index (χ4n) is 3.67. The number of nitrogens with one attached hydrogen (secondary N) is 1. The Kier molecular flexibility index (Phi) is 7.02. The average molecular weight is 483 g/mol. The van der Waals surface area contributed by atoms with Crippen LogP contribution in [0.1, 0.15) is 37.5 Å². The van der Waals surface area contributed by atoms with Gasteiger partial charge in [0, 0.05) is 25.1 Å². The summed E-state index contributed by atoms with van der Waals surface area (Å²) in [5.74, 6) is 0.790. The monoisotopic (exact) mass is 482 g/mol. The van der Waals surface area contributed by atoms with Gasteiger partial charge in [-0.2, -0.15) is 8.42 Å². The predicted molar refractivity (Wildman–Crippen MR) is 125 cm³/mol. The number of rotatable bonds is 9. The van der Waals surface area contributed by atoms with E-state index in [1.54, 1.807) is 41.5 Å². The topological polar surface area (TPSA) is 106 Å². The lowest BCUT2D eigenvalue weighted by atomic mass is 9.84. The molecule has 3 aromatic rings. The molecule has 1 saturated carbocycles. The molecule has 2 amide bonds. The van der Waals surface area contributed by atoms with Crippen LogP contribution >= 0.6 is 0 Å². The summed E-state index contributed by atoms with van der Waals surface area (Å²) < 4.78 is 35.9. The molecule has 1 N–H and O–H groups in total. The number of hydrogen-bond donors (Lipinski definition) is 1. The molecule has 178 valence electrons. The Morgan fingerprint density at radius 3 is 2.29 bits per heavy atom. The quantitative estimate of drug-likeness (QED) is 0.455. The van der Waals surface area contributed by atoms with Crippen molar-refractivity contribution >= 4 is 27.6 Å². The second-order valence-electron chi connectivity index (χ2n) is 8.29. The summed E-state index contributed by atoms with van der Waals surface area (Å²) in [6.07, 6.45) is 4.47. The minimum absolute atomic E-state index is 0.0265. The SMILES string of the molecule is CC(=O)Nc1ccc(S(=O)(=O)Oc2ccc(CN(Cc3ccco3)C(=O)C3CCC3)cc2)cc1. The summed E-state index contributed by atoms with van der Waals surface area (Å²) in [5.41, 5.74) is 1.34. The van der Waals surface area contributed by atoms with E-state index in [4.69, 9.17) is 8.60 Å². The third-order valence-electron chi connectivity index (χ3n) is 5.66. The van der Waals surface area contributed by atoms with Crippen molar-refractivity contribution in [2.24, 2.45) is 5.92 Å². The maximum atomic E-state index is 12.9. The van der Waals surface area contributed by atoms with E-state index in [9.17, 15) is 18.0 Å². The molecule has 0 spiro atoms. The third kappa shape index (κ3) is 5.85. The first-order valence-electron chi connectivity index (χ1n) is 11.0. The van der Waals surface area contributed by atoms with Crippen molar-refractivity contribution in [2.45, 2.75) is 44.2 Å². The Labute approximate surface area is 198 Å². The zero-order valence-corrected chi connectivity index (χ0v) is 19.6. The lowest BCUT2D eigenvalue weighted by Gasteiger charge is -2.31. The van der Waals surface area contributed by atoms with Crippen LogP contribution in [0.3, 0.4) is 0 Å². The Balaban J connectivity index is 1.42. The minimum atomic E-state index is -4.04. The second-order valence-corrected chi connectivity index (χ2v) is 9.83. The van der Waals surface area contributed by atoms with Crippen LogP contribution in [0.2, 0.25) is 0 Å². The van der Waals surface area contributed by atoms with Crippen molar-refractivity contribution in [1.82, 2.24) is 4.90 Å². The Morgan fingerprint density at radius 2 is 1.74 bits per heavy atom. The smallest absolute Gasteiger partial charge is 0.339 e. The fraction of sp³-hybridized carbons (Fsp3) is 0.280. The summed E-state index contributed by atoms with van der Waals surface area (Å²) >= 11 is 0. The van der Waals surface area contributed by atoms with Gasteiger partial charge in [-0.1, -0.05) is 18.6 Å². The number of carbonyl (C=O) groups excluding carboxylic acids is 2. The Bertz CT molecular complexity index is 1230. The largest absolute Gasteiger partial charge is 0.467 e. The van der Waals surface area contributed by atoms with Gasteiger partial charge in [-0.15, -0.1) is 0 Å². The molecule has 0 radical (unpaired) electrons. The third-order valence-corrected chi connectivity index (χ3v) is 6.92. The molecule has 1 heterocycles. The molecule has 0 bridgehead atoms. The molecule has 1 aromatic heterocycles.